The molecule has 0 saturated heterocycles. The van der Waals surface area contributed by atoms with Crippen molar-refractivity contribution in [2.45, 2.75) is 0 Å². The molecule has 0 bridgehead atoms. The van der Waals surface area contributed by atoms with Crippen molar-refractivity contribution >= 4 is 11.9 Å². The summed E-state index contributed by atoms with van der Waals surface area (Å²) in [5, 5.41) is 10.3. The van der Waals surface area contributed by atoms with Crippen molar-refractivity contribution in [2.75, 3.05) is 5.73 Å². The topological polar surface area (TPSA) is 108 Å². The monoisotopic (exact) mass is 195 g/mol. The van der Waals surface area contributed by atoms with E-state index in [0.29, 0.717) is 0 Å². The number of hydrogen-bond donors (Lipinski definition) is 1. The molecule has 0 fully saturated rings. The normalized spacial score (nSPS) is 10.3. The van der Waals surface area contributed by atoms with E-state index in [1.807, 2.05) is 0 Å². The Labute approximate surface area is 77.3 Å². The van der Waals surface area contributed by atoms with E-state index >= 15 is 0 Å². The van der Waals surface area contributed by atoms with Crippen LogP contribution in [-0.2, 0) is 0 Å². The Morgan fingerprint density at radius 2 is 2.14 bits per heavy atom. The summed E-state index contributed by atoms with van der Waals surface area (Å²) in [6, 6.07) is 2.63. The quantitative estimate of drug-likeness (QED) is 0.573. The van der Waals surface area contributed by atoms with Crippen LogP contribution in [0, 0.1) is 10.1 Å². The molecule has 0 saturated carbocycles. The molecule has 0 radical (unpaired) electrons. The molecule has 0 amide bonds. The second-order valence-electron chi connectivity index (χ2n) is 2.46. The molecular formula is C7H5N3O4. The van der Waals surface area contributed by atoms with Gasteiger partial charge in [0.1, 0.15) is 4.92 Å². The van der Waals surface area contributed by atoms with Crippen molar-refractivity contribution in [3.05, 3.63) is 28.4 Å². The molecule has 7 heteroatoms. The lowest BCUT2D eigenvalue weighted by molar-refractivity contribution is -0.401. The number of nitro groups is 1. The fraction of sp³-hybridized carbons (Fsp3) is 0. The van der Waals surface area contributed by atoms with Crippen LogP contribution < -0.4 is 5.73 Å². The van der Waals surface area contributed by atoms with E-state index in [-0.39, 0.29) is 23.4 Å². The minimum atomic E-state index is -0.636. The molecule has 2 rings (SSSR count). The summed E-state index contributed by atoms with van der Waals surface area (Å²) in [6.45, 7) is 0. The Morgan fingerprint density at radius 1 is 1.36 bits per heavy atom. The number of rotatable bonds is 2. The average Bonchev–Trinajstić information content (AvgIpc) is 2.70. The highest BCUT2D eigenvalue weighted by Crippen LogP contribution is 2.26. The largest absolute Gasteiger partial charge is 0.433 e. The fourth-order valence-corrected chi connectivity index (χ4v) is 0.960. The van der Waals surface area contributed by atoms with Gasteiger partial charge < -0.3 is 14.6 Å². The van der Waals surface area contributed by atoms with Gasteiger partial charge in [0.2, 0.25) is 0 Å². The molecule has 0 aromatic carbocycles. The predicted molar refractivity (Wildman–Crippen MR) is 45.3 cm³/mol. The summed E-state index contributed by atoms with van der Waals surface area (Å²) in [4.78, 5) is 13.3. The first-order valence-electron chi connectivity index (χ1n) is 3.63. The molecule has 2 N–H and O–H groups in total. The van der Waals surface area contributed by atoms with Gasteiger partial charge in [-0.1, -0.05) is 0 Å². The van der Waals surface area contributed by atoms with Gasteiger partial charge in [-0.3, -0.25) is 10.1 Å². The standard InChI is InChI=1S/C7H5N3O4/c8-7-9-3-5(14-7)4-1-2-6(13-4)10(11)12/h1-3H,(H2,8,9). The number of oxazole rings is 1. The molecule has 2 aromatic heterocycles. The van der Waals surface area contributed by atoms with Gasteiger partial charge in [0.25, 0.3) is 6.01 Å². The van der Waals surface area contributed by atoms with Crippen LogP contribution in [0.2, 0.25) is 0 Å². The number of nitrogens with zero attached hydrogens (tertiary/aromatic N) is 2. The van der Waals surface area contributed by atoms with Crippen molar-refractivity contribution in [2.24, 2.45) is 0 Å². The van der Waals surface area contributed by atoms with Crippen LogP contribution in [0.3, 0.4) is 0 Å². The molecular weight excluding hydrogens is 190 g/mol. The highest BCUT2D eigenvalue weighted by atomic mass is 16.6. The molecule has 2 aromatic rings. The molecule has 0 aliphatic rings. The maximum Gasteiger partial charge on any atom is 0.433 e. The molecule has 7 nitrogen and oxygen atoms in total. The molecule has 72 valence electrons. The Kier molecular flexibility index (Phi) is 1.70. The molecule has 0 aliphatic heterocycles. The molecule has 0 aliphatic carbocycles. The first-order chi connectivity index (χ1) is 6.66. The molecule has 2 heterocycles. The number of aromatic nitrogens is 1. The number of furan rings is 1. The lowest BCUT2D eigenvalue weighted by Gasteiger charge is -1.86. The van der Waals surface area contributed by atoms with Crippen LogP contribution in [0.15, 0.2) is 27.2 Å². The summed E-state index contributed by atoms with van der Waals surface area (Å²) in [5.74, 6) is 0.131. The Hall–Kier alpha value is -2.31. The van der Waals surface area contributed by atoms with Crippen molar-refractivity contribution < 1.29 is 13.8 Å². The lowest BCUT2D eigenvalue weighted by Crippen LogP contribution is -1.82. The zero-order valence-electron chi connectivity index (χ0n) is 6.84. The SMILES string of the molecule is Nc1ncc(-c2ccc([N+](=O)[O-])o2)o1. The van der Waals surface area contributed by atoms with Gasteiger partial charge in [-0.05, 0) is 6.07 Å². The van der Waals surface area contributed by atoms with E-state index < -0.39 is 4.92 Å². The maximum absolute atomic E-state index is 10.3. The summed E-state index contributed by atoms with van der Waals surface area (Å²) in [6.07, 6.45) is 1.33. The molecule has 0 atom stereocenters. The van der Waals surface area contributed by atoms with Crippen molar-refractivity contribution in [1.29, 1.82) is 0 Å². The van der Waals surface area contributed by atoms with Gasteiger partial charge in [0.05, 0.1) is 12.3 Å². The van der Waals surface area contributed by atoms with Gasteiger partial charge in [-0.25, -0.2) is 4.98 Å². The number of nitrogen functional groups attached to an aromatic ring is 1. The van der Waals surface area contributed by atoms with Crippen molar-refractivity contribution in [1.82, 2.24) is 4.98 Å². The number of nitrogens with two attached hydrogens (primary N) is 1. The Balaban J connectivity index is 2.38. The summed E-state index contributed by atoms with van der Waals surface area (Å²) < 4.78 is 9.77. The maximum atomic E-state index is 10.3. The summed E-state index contributed by atoms with van der Waals surface area (Å²) >= 11 is 0. The van der Waals surface area contributed by atoms with E-state index in [1.54, 1.807) is 0 Å². The number of anilines is 1. The van der Waals surface area contributed by atoms with E-state index in [2.05, 4.69) is 4.98 Å². The zero-order valence-corrected chi connectivity index (χ0v) is 6.84. The predicted octanol–water partition coefficient (Wildman–Crippen LogP) is 1.42. The van der Waals surface area contributed by atoms with Crippen molar-refractivity contribution in [3.8, 4) is 11.5 Å². The fourth-order valence-electron chi connectivity index (χ4n) is 0.960. The van der Waals surface area contributed by atoms with E-state index in [1.165, 1.54) is 18.3 Å². The van der Waals surface area contributed by atoms with E-state index in [0.717, 1.165) is 0 Å². The van der Waals surface area contributed by atoms with Gasteiger partial charge >= 0.3 is 5.88 Å². The van der Waals surface area contributed by atoms with Gasteiger partial charge in [0, 0.05) is 0 Å². The van der Waals surface area contributed by atoms with E-state index in [9.17, 15) is 10.1 Å². The summed E-state index contributed by atoms with van der Waals surface area (Å²) in [5.41, 5.74) is 5.23. The van der Waals surface area contributed by atoms with Crippen LogP contribution in [0.25, 0.3) is 11.5 Å². The first-order valence-corrected chi connectivity index (χ1v) is 3.63. The van der Waals surface area contributed by atoms with E-state index in [4.69, 9.17) is 14.6 Å². The van der Waals surface area contributed by atoms with Gasteiger partial charge in [0.15, 0.2) is 11.5 Å². The van der Waals surface area contributed by atoms with Crippen LogP contribution in [0.5, 0.6) is 0 Å². The van der Waals surface area contributed by atoms with Gasteiger partial charge in [-0.2, -0.15) is 0 Å². The van der Waals surface area contributed by atoms with Crippen LogP contribution in [0.4, 0.5) is 11.9 Å². The summed E-state index contributed by atoms with van der Waals surface area (Å²) in [7, 11) is 0. The van der Waals surface area contributed by atoms with Crippen LogP contribution in [0.1, 0.15) is 0 Å². The molecule has 0 unspecified atom stereocenters. The van der Waals surface area contributed by atoms with Gasteiger partial charge in [-0.15, -0.1) is 0 Å². The Bertz CT molecular complexity index is 473. The second-order valence-corrected chi connectivity index (χ2v) is 2.46. The highest BCUT2D eigenvalue weighted by molar-refractivity contribution is 5.51. The minimum Gasteiger partial charge on any atom is -0.420 e. The molecule has 14 heavy (non-hydrogen) atoms. The first kappa shape index (κ1) is 8.30. The Morgan fingerprint density at radius 3 is 2.64 bits per heavy atom. The third kappa shape index (κ3) is 1.30. The van der Waals surface area contributed by atoms with Crippen LogP contribution >= 0.6 is 0 Å². The third-order valence-corrected chi connectivity index (χ3v) is 1.54. The van der Waals surface area contributed by atoms with Crippen LogP contribution in [-0.4, -0.2) is 9.91 Å². The van der Waals surface area contributed by atoms with Crippen molar-refractivity contribution in [3.63, 3.8) is 0 Å². The number of hydrogen-bond acceptors (Lipinski definition) is 6. The average molecular weight is 195 g/mol. The zero-order chi connectivity index (χ0) is 10.1. The minimum absolute atomic E-state index is 0.0148. The highest BCUT2D eigenvalue weighted by Gasteiger charge is 2.15. The lowest BCUT2D eigenvalue weighted by atomic mass is 10.4. The third-order valence-electron chi connectivity index (χ3n) is 1.54. The second kappa shape index (κ2) is 2.87. The smallest absolute Gasteiger partial charge is 0.420 e. The molecule has 0 spiro atoms.